The Hall–Kier alpha value is -1.36. The molecule has 0 atom stereocenters. The Balaban J connectivity index is 1.72. The zero-order valence-corrected chi connectivity index (χ0v) is 11.3. The van der Waals surface area contributed by atoms with Crippen molar-refractivity contribution < 1.29 is 9.15 Å². The second kappa shape index (κ2) is 5.74. The number of aromatic nitrogens is 1. The zero-order valence-electron chi connectivity index (χ0n) is 10.5. The number of hydrogen-bond acceptors (Lipinski definition) is 4. The van der Waals surface area contributed by atoms with Gasteiger partial charge in [-0.25, -0.2) is 4.98 Å². The van der Waals surface area contributed by atoms with E-state index in [0.29, 0.717) is 10.9 Å². The fourth-order valence-corrected chi connectivity index (χ4v) is 2.31. The molecule has 4 nitrogen and oxygen atoms in total. The van der Waals surface area contributed by atoms with Crippen molar-refractivity contribution in [2.45, 2.75) is 6.54 Å². The predicted molar refractivity (Wildman–Crippen MR) is 73.0 cm³/mol. The van der Waals surface area contributed by atoms with E-state index in [2.05, 4.69) is 9.88 Å². The first-order valence-corrected chi connectivity index (χ1v) is 6.69. The number of morpholine rings is 1. The Bertz CT molecular complexity index is 550. The molecule has 0 amide bonds. The van der Waals surface area contributed by atoms with Crippen molar-refractivity contribution in [3.05, 3.63) is 41.2 Å². The van der Waals surface area contributed by atoms with Gasteiger partial charge in [-0.2, -0.15) is 0 Å². The second-order valence-electron chi connectivity index (χ2n) is 4.54. The summed E-state index contributed by atoms with van der Waals surface area (Å²) in [4.78, 5) is 6.82. The summed E-state index contributed by atoms with van der Waals surface area (Å²) >= 11 is 5.97. The Kier molecular flexibility index (Phi) is 3.82. The van der Waals surface area contributed by atoms with E-state index in [0.717, 1.165) is 44.1 Å². The van der Waals surface area contributed by atoms with Crippen molar-refractivity contribution in [2.75, 3.05) is 26.3 Å². The van der Waals surface area contributed by atoms with Crippen molar-refractivity contribution in [1.29, 1.82) is 0 Å². The molecule has 1 fully saturated rings. The highest BCUT2D eigenvalue weighted by atomic mass is 35.5. The third kappa shape index (κ3) is 3.15. The van der Waals surface area contributed by atoms with Gasteiger partial charge in [0, 0.05) is 30.2 Å². The lowest BCUT2D eigenvalue weighted by molar-refractivity contribution is 0.0336. The number of rotatable bonds is 3. The highest BCUT2D eigenvalue weighted by molar-refractivity contribution is 6.30. The fourth-order valence-electron chi connectivity index (χ4n) is 2.12. The van der Waals surface area contributed by atoms with Gasteiger partial charge in [0.05, 0.1) is 18.9 Å². The van der Waals surface area contributed by atoms with Crippen LogP contribution >= 0.6 is 11.6 Å². The topological polar surface area (TPSA) is 38.5 Å². The van der Waals surface area contributed by atoms with E-state index in [4.69, 9.17) is 20.8 Å². The molecule has 100 valence electrons. The van der Waals surface area contributed by atoms with Gasteiger partial charge in [0.25, 0.3) is 0 Å². The van der Waals surface area contributed by atoms with Crippen molar-refractivity contribution >= 4 is 11.6 Å². The van der Waals surface area contributed by atoms with E-state index in [9.17, 15) is 0 Å². The van der Waals surface area contributed by atoms with Crippen LogP contribution in [-0.2, 0) is 11.3 Å². The Morgan fingerprint density at radius 2 is 2.11 bits per heavy atom. The van der Waals surface area contributed by atoms with Crippen LogP contribution in [0.25, 0.3) is 11.5 Å². The number of hydrogen-bond donors (Lipinski definition) is 0. The van der Waals surface area contributed by atoms with Gasteiger partial charge in [0.1, 0.15) is 6.26 Å². The summed E-state index contributed by atoms with van der Waals surface area (Å²) in [5.41, 5.74) is 1.85. The van der Waals surface area contributed by atoms with E-state index in [1.165, 1.54) is 0 Å². The first kappa shape index (κ1) is 12.7. The Morgan fingerprint density at radius 1 is 1.26 bits per heavy atom. The molecule has 2 aromatic rings. The average molecular weight is 279 g/mol. The van der Waals surface area contributed by atoms with Gasteiger partial charge in [0.2, 0.25) is 5.89 Å². The van der Waals surface area contributed by atoms with Gasteiger partial charge in [-0.05, 0) is 18.2 Å². The van der Waals surface area contributed by atoms with Crippen LogP contribution in [0.15, 0.2) is 34.9 Å². The molecule has 1 aromatic carbocycles. The molecule has 1 aliphatic heterocycles. The van der Waals surface area contributed by atoms with Crippen LogP contribution in [0.2, 0.25) is 5.02 Å². The quantitative estimate of drug-likeness (QED) is 0.865. The highest BCUT2D eigenvalue weighted by Gasteiger charge is 2.14. The third-order valence-corrected chi connectivity index (χ3v) is 3.35. The molecule has 2 heterocycles. The highest BCUT2D eigenvalue weighted by Crippen LogP contribution is 2.22. The lowest BCUT2D eigenvalue weighted by atomic mass is 10.2. The van der Waals surface area contributed by atoms with Gasteiger partial charge >= 0.3 is 0 Å². The van der Waals surface area contributed by atoms with E-state index in [1.807, 2.05) is 24.3 Å². The van der Waals surface area contributed by atoms with Gasteiger partial charge in [0.15, 0.2) is 0 Å². The maximum atomic E-state index is 5.97. The van der Waals surface area contributed by atoms with Crippen molar-refractivity contribution in [3.63, 3.8) is 0 Å². The summed E-state index contributed by atoms with van der Waals surface area (Å²) in [5.74, 6) is 0.616. The minimum atomic E-state index is 0.616. The second-order valence-corrected chi connectivity index (χ2v) is 4.98. The molecule has 0 unspecified atom stereocenters. The minimum Gasteiger partial charge on any atom is -0.444 e. The third-order valence-electron chi connectivity index (χ3n) is 3.11. The number of oxazole rings is 1. The fraction of sp³-hybridized carbons (Fsp3) is 0.357. The minimum absolute atomic E-state index is 0.616. The summed E-state index contributed by atoms with van der Waals surface area (Å²) in [7, 11) is 0. The van der Waals surface area contributed by atoms with Crippen molar-refractivity contribution in [3.8, 4) is 11.5 Å². The summed E-state index contributed by atoms with van der Waals surface area (Å²) in [6, 6.07) is 7.52. The van der Waals surface area contributed by atoms with Crippen LogP contribution in [0.5, 0.6) is 0 Å². The molecule has 0 aliphatic carbocycles. The van der Waals surface area contributed by atoms with Crippen LogP contribution in [0.1, 0.15) is 5.69 Å². The van der Waals surface area contributed by atoms with Crippen LogP contribution in [0.4, 0.5) is 0 Å². The molecule has 0 N–H and O–H groups in total. The normalized spacial score (nSPS) is 16.7. The summed E-state index contributed by atoms with van der Waals surface area (Å²) in [5, 5.41) is 0.686. The van der Waals surface area contributed by atoms with Crippen LogP contribution < -0.4 is 0 Å². The first-order chi connectivity index (χ1) is 9.31. The smallest absolute Gasteiger partial charge is 0.226 e. The molecule has 0 radical (unpaired) electrons. The SMILES string of the molecule is Clc1cccc(-c2nc(CN3CCOCC3)co2)c1. The maximum Gasteiger partial charge on any atom is 0.226 e. The van der Waals surface area contributed by atoms with Gasteiger partial charge < -0.3 is 9.15 Å². The lowest BCUT2D eigenvalue weighted by Gasteiger charge is -2.25. The van der Waals surface area contributed by atoms with Gasteiger partial charge in [-0.3, -0.25) is 4.90 Å². The molecule has 0 saturated carbocycles. The average Bonchev–Trinajstić information content (AvgIpc) is 2.88. The van der Waals surface area contributed by atoms with Crippen molar-refractivity contribution in [1.82, 2.24) is 9.88 Å². The molecule has 0 bridgehead atoms. The van der Waals surface area contributed by atoms with E-state index < -0.39 is 0 Å². The molecule has 1 saturated heterocycles. The van der Waals surface area contributed by atoms with E-state index in [-0.39, 0.29) is 0 Å². The maximum absolute atomic E-state index is 5.97. The molecule has 5 heteroatoms. The molecule has 0 spiro atoms. The largest absolute Gasteiger partial charge is 0.444 e. The molecule has 1 aromatic heterocycles. The van der Waals surface area contributed by atoms with Gasteiger partial charge in [-0.1, -0.05) is 17.7 Å². The Labute approximate surface area is 116 Å². The zero-order chi connectivity index (χ0) is 13.1. The summed E-state index contributed by atoms with van der Waals surface area (Å²) in [6.07, 6.45) is 1.71. The van der Waals surface area contributed by atoms with Crippen LogP contribution in [0, 0.1) is 0 Å². The van der Waals surface area contributed by atoms with Crippen LogP contribution in [-0.4, -0.2) is 36.2 Å². The number of benzene rings is 1. The van der Waals surface area contributed by atoms with E-state index in [1.54, 1.807) is 6.26 Å². The number of halogens is 1. The Morgan fingerprint density at radius 3 is 2.89 bits per heavy atom. The van der Waals surface area contributed by atoms with Gasteiger partial charge in [-0.15, -0.1) is 0 Å². The van der Waals surface area contributed by atoms with Crippen molar-refractivity contribution in [2.24, 2.45) is 0 Å². The molecular weight excluding hydrogens is 264 g/mol. The molecular formula is C14H15ClN2O2. The summed E-state index contributed by atoms with van der Waals surface area (Å²) < 4.78 is 10.8. The standard InChI is InChI=1S/C14H15ClN2O2/c15-12-3-1-2-11(8-12)14-16-13(10-19-14)9-17-4-6-18-7-5-17/h1-3,8,10H,4-7,9H2. The lowest BCUT2D eigenvalue weighted by Crippen LogP contribution is -2.35. The predicted octanol–water partition coefficient (Wildman–Crippen LogP) is 2.83. The number of ether oxygens (including phenoxy) is 1. The number of nitrogens with zero attached hydrogens (tertiary/aromatic N) is 2. The van der Waals surface area contributed by atoms with Crippen LogP contribution in [0.3, 0.4) is 0 Å². The monoisotopic (exact) mass is 278 g/mol. The molecule has 3 rings (SSSR count). The first-order valence-electron chi connectivity index (χ1n) is 6.32. The molecule has 19 heavy (non-hydrogen) atoms. The van der Waals surface area contributed by atoms with E-state index >= 15 is 0 Å². The molecule has 1 aliphatic rings. The summed E-state index contributed by atoms with van der Waals surface area (Å²) in [6.45, 7) is 4.27.